The van der Waals surface area contributed by atoms with Crippen LogP contribution >= 0.6 is 0 Å². The summed E-state index contributed by atoms with van der Waals surface area (Å²) in [6, 6.07) is 2.83. The van der Waals surface area contributed by atoms with Crippen LogP contribution in [-0.2, 0) is 19.1 Å². The minimum atomic E-state index is -0.942. The number of non-ortho nitro benzene ring substituents is 1. The Morgan fingerprint density at radius 2 is 1.84 bits per heavy atom. The van der Waals surface area contributed by atoms with E-state index in [0.29, 0.717) is 0 Å². The summed E-state index contributed by atoms with van der Waals surface area (Å²) in [5.74, 6) is -2.62. The van der Waals surface area contributed by atoms with Gasteiger partial charge in [-0.25, -0.2) is 14.0 Å². The van der Waals surface area contributed by atoms with Gasteiger partial charge in [0.05, 0.1) is 30.4 Å². The third-order valence-electron chi connectivity index (χ3n) is 3.29. The number of anilines is 1. The van der Waals surface area contributed by atoms with Gasteiger partial charge in [0.2, 0.25) is 0 Å². The van der Waals surface area contributed by atoms with Crippen molar-refractivity contribution in [2.24, 2.45) is 0 Å². The van der Waals surface area contributed by atoms with E-state index in [-0.39, 0.29) is 22.6 Å². The second kappa shape index (κ2) is 7.39. The summed E-state index contributed by atoms with van der Waals surface area (Å²) in [5.41, 5.74) is -1.20. The number of rotatable bonds is 4. The zero-order valence-electron chi connectivity index (χ0n) is 13.3. The smallest absolute Gasteiger partial charge is 0.355 e. The fourth-order valence-electron chi connectivity index (χ4n) is 2.15. The average molecular weight is 348 g/mol. The maximum Gasteiger partial charge on any atom is 0.355 e. The van der Waals surface area contributed by atoms with Crippen molar-refractivity contribution >= 4 is 23.3 Å². The highest BCUT2D eigenvalue weighted by Gasteiger charge is 2.29. The van der Waals surface area contributed by atoms with Gasteiger partial charge in [-0.2, -0.15) is 0 Å². The largest absolute Gasteiger partial charge is 0.465 e. The number of hydrogen-bond acceptors (Lipinski definition) is 7. The van der Waals surface area contributed by atoms with Crippen LogP contribution in [0.25, 0.3) is 0 Å². The molecule has 1 aliphatic heterocycles. The molecule has 9 heteroatoms. The molecule has 1 aliphatic rings. The van der Waals surface area contributed by atoms with Gasteiger partial charge in [-0.1, -0.05) is 6.08 Å². The molecular formula is C16H13FN2O6. The number of benzene rings is 1. The Hall–Kier alpha value is -3.49. The van der Waals surface area contributed by atoms with Crippen LogP contribution in [-0.4, -0.2) is 31.1 Å². The van der Waals surface area contributed by atoms with Crippen LogP contribution in [0.15, 0.2) is 53.9 Å². The topological polar surface area (TPSA) is 99.0 Å². The van der Waals surface area contributed by atoms with E-state index in [1.54, 1.807) is 0 Å². The molecule has 1 aromatic carbocycles. The van der Waals surface area contributed by atoms with Crippen LogP contribution in [0, 0.1) is 15.9 Å². The van der Waals surface area contributed by atoms with Crippen molar-refractivity contribution in [2.45, 2.75) is 0 Å². The minimum Gasteiger partial charge on any atom is -0.465 e. The van der Waals surface area contributed by atoms with Gasteiger partial charge in [-0.3, -0.25) is 10.1 Å². The molecule has 1 heterocycles. The molecule has 0 saturated carbocycles. The maximum atomic E-state index is 14.3. The molecule has 0 spiro atoms. The van der Waals surface area contributed by atoms with E-state index in [2.05, 4.69) is 9.47 Å². The Balaban J connectivity index is 2.73. The Kier molecular flexibility index (Phi) is 5.28. The summed E-state index contributed by atoms with van der Waals surface area (Å²) in [6.07, 6.45) is 5.44. The van der Waals surface area contributed by atoms with Crippen LogP contribution in [0.1, 0.15) is 0 Å². The van der Waals surface area contributed by atoms with E-state index in [0.717, 1.165) is 37.3 Å². The number of nitro benzene ring substituents is 1. The third-order valence-corrected chi connectivity index (χ3v) is 3.29. The molecule has 0 amide bonds. The second-order valence-corrected chi connectivity index (χ2v) is 4.71. The Bertz CT molecular complexity index is 828. The van der Waals surface area contributed by atoms with Crippen molar-refractivity contribution in [3.8, 4) is 0 Å². The molecule has 0 bridgehead atoms. The molecule has 8 nitrogen and oxygen atoms in total. The van der Waals surface area contributed by atoms with Gasteiger partial charge in [0.25, 0.3) is 5.69 Å². The first kappa shape index (κ1) is 17.9. The van der Waals surface area contributed by atoms with E-state index < -0.39 is 22.7 Å². The number of nitrogens with zero attached hydrogens (tertiary/aromatic N) is 2. The number of carbonyl (C=O) groups is 2. The minimum absolute atomic E-state index is 0.190. The molecule has 0 saturated heterocycles. The summed E-state index contributed by atoms with van der Waals surface area (Å²) in [7, 11) is 2.21. The van der Waals surface area contributed by atoms with Gasteiger partial charge in [0.1, 0.15) is 11.5 Å². The Morgan fingerprint density at radius 1 is 1.16 bits per heavy atom. The van der Waals surface area contributed by atoms with Crippen molar-refractivity contribution in [2.75, 3.05) is 19.1 Å². The molecule has 0 radical (unpaired) electrons. The first-order chi connectivity index (χ1) is 11.9. The van der Waals surface area contributed by atoms with Crippen LogP contribution in [0.5, 0.6) is 0 Å². The Morgan fingerprint density at radius 3 is 2.44 bits per heavy atom. The molecule has 1 aromatic rings. The summed E-state index contributed by atoms with van der Waals surface area (Å²) in [5, 5.41) is 11.0. The van der Waals surface area contributed by atoms with Crippen molar-refractivity contribution < 1.29 is 28.4 Å². The lowest BCUT2D eigenvalue weighted by Gasteiger charge is -2.23. The predicted octanol–water partition coefficient (Wildman–Crippen LogP) is 2.22. The SMILES string of the molecule is COC(=O)C1=C(C(=O)OC)N(c2cc([N+](=O)[O-])ccc2F)C=CC=C1. The molecule has 130 valence electrons. The van der Waals surface area contributed by atoms with Gasteiger partial charge < -0.3 is 14.4 Å². The fourth-order valence-corrected chi connectivity index (χ4v) is 2.15. The maximum absolute atomic E-state index is 14.3. The van der Waals surface area contributed by atoms with Crippen molar-refractivity contribution in [3.63, 3.8) is 0 Å². The van der Waals surface area contributed by atoms with Gasteiger partial charge in [-0.15, -0.1) is 0 Å². The van der Waals surface area contributed by atoms with E-state index in [4.69, 9.17) is 0 Å². The Labute approximate surface area is 141 Å². The summed E-state index contributed by atoms with van der Waals surface area (Å²) < 4.78 is 23.6. The predicted molar refractivity (Wildman–Crippen MR) is 84.9 cm³/mol. The monoisotopic (exact) mass is 348 g/mol. The zero-order valence-corrected chi connectivity index (χ0v) is 13.3. The van der Waals surface area contributed by atoms with E-state index in [1.165, 1.54) is 24.4 Å². The van der Waals surface area contributed by atoms with E-state index in [9.17, 15) is 24.1 Å². The number of carbonyl (C=O) groups excluding carboxylic acids is 2. The third kappa shape index (κ3) is 3.55. The number of hydrogen-bond donors (Lipinski definition) is 0. The molecule has 2 rings (SSSR count). The zero-order chi connectivity index (χ0) is 18.6. The summed E-state index contributed by atoms with van der Waals surface area (Å²) >= 11 is 0. The number of halogens is 1. The van der Waals surface area contributed by atoms with Crippen molar-refractivity contribution in [1.29, 1.82) is 0 Å². The second-order valence-electron chi connectivity index (χ2n) is 4.71. The van der Waals surface area contributed by atoms with Gasteiger partial charge in [0.15, 0.2) is 0 Å². The molecule has 25 heavy (non-hydrogen) atoms. The number of methoxy groups -OCH3 is 2. The standard InChI is InChI=1S/C16H13FN2O6/c1-24-15(20)11-5-3-4-8-18(14(11)16(21)25-2)13-9-10(19(22)23)6-7-12(13)17/h3-9H,1-2H3. The molecule has 0 unspecified atom stereocenters. The molecule has 0 fully saturated rings. The van der Waals surface area contributed by atoms with Crippen molar-refractivity contribution in [3.05, 3.63) is 69.8 Å². The number of esters is 2. The van der Waals surface area contributed by atoms with Crippen LogP contribution in [0.3, 0.4) is 0 Å². The number of allylic oxidation sites excluding steroid dienone is 2. The highest BCUT2D eigenvalue weighted by molar-refractivity contribution is 6.05. The van der Waals surface area contributed by atoms with Crippen molar-refractivity contribution in [1.82, 2.24) is 0 Å². The number of ether oxygens (including phenoxy) is 2. The first-order valence-corrected chi connectivity index (χ1v) is 6.89. The van der Waals surface area contributed by atoms with E-state index >= 15 is 0 Å². The molecule has 0 aliphatic carbocycles. The highest BCUT2D eigenvalue weighted by Crippen LogP contribution is 2.31. The van der Waals surface area contributed by atoms with Crippen LogP contribution in [0.4, 0.5) is 15.8 Å². The highest BCUT2D eigenvalue weighted by atomic mass is 19.1. The summed E-state index contributed by atoms with van der Waals surface area (Å²) in [6.45, 7) is 0. The fraction of sp³-hybridized carbons (Fsp3) is 0.125. The molecule has 0 N–H and O–H groups in total. The van der Waals surface area contributed by atoms with Crippen LogP contribution in [0.2, 0.25) is 0 Å². The molecule has 0 aromatic heterocycles. The van der Waals surface area contributed by atoms with E-state index in [1.807, 2.05) is 0 Å². The normalized spacial score (nSPS) is 13.5. The lowest BCUT2D eigenvalue weighted by Crippen LogP contribution is -2.27. The quantitative estimate of drug-likeness (QED) is 0.467. The van der Waals surface area contributed by atoms with Gasteiger partial charge >= 0.3 is 11.9 Å². The number of nitro groups is 1. The van der Waals surface area contributed by atoms with Gasteiger partial charge in [0, 0.05) is 18.3 Å². The average Bonchev–Trinajstić information content (AvgIpc) is 2.83. The first-order valence-electron chi connectivity index (χ1n) is 6.89. The molecule has 0 atom stereocenters. The summed E-state index contributed by atoms with van der Waals surface area (Å²) in [4.78, 5) is 35.5. The lowest BCUT2D eigenvalue weighted by molar-refractivity contribution is -0.384. The van der Waals surface area contributed by atoms with Gasteiger partial charge in [-0.05, 0) is 18.2 Å². The van der Waals surface area contributed by atoms with Crippen LogP contribution < -0.4 is 4.90 Å². The lowest BCUT2D eigenvalue weighted by atomic mass is 10.1. The molecular weight excluding hydrogens is 335 g/mol.